The average molecular weight is 296 g/mol. The summed E-state index contributed by atoms with van der Waals surface area (Å²) in [6, 6.07) is 3.04. The van der Waals surface area contributed by atoms with Crippen molar-refractivity contribution in [2.24, 2.45) is 5.11 Å². The summed E-state index contributed by atoms with van der Waals surface area (Å²) < 4.78 is 0. The lowest BCUT2D eigenvalue weighted by Gasteiger charge is -2.17. The van der Waals surface area contributed by atoms with E-state index in [0.717, 1.165) is 18.2 Å². The molecule has 0 aliphatic carbocycles. The summed E-state index contributed by atoms with van der Waals surface area (Å²) in [6.07, 6.45) is -2.78. The Kier molecular flexibility index (Phi) is 5.61. The average Bonchev–Trinajstić information content (AvgIpc) is 2.45. The van der Waals surface area contributed by atoms with Gasteiger partial charge in [-0.3, -0.25) is 10.1 Å². The molecule has 2 atom stereocenters. The van der Waals surface area contributed by atoms with Gasteiger partial charge in [0.2, 0.25) is 0 Å². The van der Waals surface area contributed by atoms with Crippen molar-refractivity contribution < 1.29 is 25.0 Å². The number of carbonyl (C=O) groups is 1. The minimum absolute atomic E-state index is 0.0198. The Balaban J connectivity index is 3.02. The molecule has 0 bridgehead atoms. The number of aliphatic hydroxyl groups excluding tert-OH is 2. The number of hydrogen-bond donors (Lipinski definition) is 3. The minimum Gasteiger partial charge on any atom is -0.477 e. The summed E-state index contributed by atoms with van der Waals surface area (Å²) in [6.45, 7) is -0.0481. The molecule has 112 valence electrons. The second-order valence-corrected chi connectivity index (χ2v) is 4.09. The maximum absolute atomic E-state index is 11.0. The standard InChI is InChI=1S/C11H12N4O6/c12-14-13-4-3-9(16)10(17)6-1-2-8(15(20)21)7(5-6)11(18)19/h1-2,5,9-10,16-17H,3-4H2,(H,18,19). The monoisotopic (exact) mass is 296 g/mol. The second kappa shape index (κ2) is 7.20. The number of nitro benzene ring substituents is 1. The fourth-order valence-corrected chi connectivity index (χ4v) is 1.68. The van der Waals surface area contributed by atoms with Crippen molar-refractivity contribution in [3.8, 4) is 0 Å². The van der Waals surface area contributed by atoms with Gasteiger partial charge >= 0.3 is 5.97 Å². The highest BCUT2D eigenvalue weighted by Crippen LogP contribution is 2.26. The van der Waals surface area contributed by atoms with Crippen LogP contribution in [0, 0.1) is 10.1 Å². The Morgan fingerprint density at radius 1 is 1.48 bits per heavy atom. The molecule has 0 radical (unpaired) electrons. The van der Waals surface area contributed by atoms with Crippen LogP contribution in [0.2, 0.25) is 0 Å². The summed E-state index contributed by atoms with van der Waals surface area (Å²) in [7, 11) is 0. The van der Waals surface area contributed by atoms with Crippen molar-refractivity contribution in [1.29, 1.82) is 0 Å². The van der Waals surface area contributed by atoms with Gasteiger partial charge in [-0.1, -0.05) is 5.11 Å². The molecule has 0 aliphatic rings. The van der Waals surface area contributed by atoms with Crippen LogP contribution < -0.4 is 0 Å². The third-order valence-electron chi connectivity index (χ3n) is 2.74. The van der Waals surface area contributed by atoms with Crippen molar-refractivity contribution in [3.05, 3.63) is 49.9 Å². The molecule has 2 unspecified atom stereocenters. The van der Waals surface area contributed by atoms with E-state index in [1.165, 1.54) is 0 Å². The molecule has 10 nitrogen and oxygen atoms in total. The lowest BCUT2D eigenvalue weighted by molar-refractivity contribution is -0.385. The van der Waals surface area contributed by atoms with E-state index in [0.29, 0.717) is 0 Å². The van der Waals surface area contributed by atoms with Crippen molar-refractivity contribution in [3.63, 3.8) is 0 Å². The van der Waals surface area contributed by atoms with Gasteiger partial charge in [0.1, 0.15) is 11.7 Å². The number of nitro groups is 1. The van der Waals surface area contributed by atoms with E-state index in [1.54, 1.807) is 0 Å². The highest BCUT2D eigenvalue weighted by molar-refractivity contribution is 5.92. The van der Waals surface area contributed by atoms with Gasteiger partial charge in [0.15, 0.2) is 0 Å². The Morgan fingerprint density at radius 2 is 2.14 bits per heavy atom. The maximum atomic E-state index is 11.0. The summed E-state index contributed by atoms with van der Waals surface area (Å²) in [4.78, 5) is 23.3. The van der Waals surface area contributed by atoms with Crippen molar-refractivity contribution >= 4 is 11.7 Å². The lowest BCUT2D eigenvalue weighted by Crippen LogP contribution is -2.19. The fourth-order valence-electron chi connectivity index (χ4n) is 1.68. The van der Waals surface area contributed by atoms with Crippen molar-refractivity contribution in [1.82, 2.24) is 0 Å². The van der Waals surface area contributed by atoms with Gasteiger partial charge in [0.05, 0.1) is 11.0 Å². The van der Waals surface area contributed by atoms with Crippen LogP contribution in [0.15, 0.2) is 23.3 Å². The van der Waals surface area contributed by atoms with E-state index in [2.05, 4.69) is 10.0 Å². The molecule has 21 heavy (non-hydrogen) atoms. The molecular weight excluding hydrogens is 284 g/mol. The van der Waals surface area contributed by atoms with E-state index < -0.39 is 34.4 Å². The topological polar surface area (TPSA) is 170 Å². The second-order valence-electron chi connectivity index (χ2n) is 4.09. The first-order valence-corrected chi connectivity index (χ1v) is 5.77. The molecule has 1 aromatic carbocycles. The molecule has 0 saturated carbocycles. The predicted octanol–water partition coefficient (Wildman–Crippen LogP) is 1.39. The maximum Gasteiger partial charge on any atom is 0.342 e. The Morgan fingerprint density at radius 3 is 2.67 bits per heavy atom. The molecule has 0 fully saturated rings. The van der Waals surface area contributed by atoms with Crippen LogP contribution in [0.25, 0.3) is 10.4 Å². The zero-order valence-electron chi connectivity index (χ0n) is 10.7. The molecule has 0 spiro atoms. The van der Waals surface area contributed by atoms with Crippen LogP contribution in [0.4, 0.5) is 5.69 Å². The fraction of sp³-hybridized carbons (Fsp3) is 0.364. The molecule has 0 aromatic heterocycles. The van der Waals surface area contributed by atoms with E-state index in [-0.39, 0.29) is 18.5 Å². The molecule has 0 aliphatic heterocycles. The highest BCUT2D eigenvalue weighted by Gasteiger charge is 2.24. The summed E-state index contributed by atoms with van der Waals surface area (Å²) in [5, 5.41) is 42.4. The number of azide groups is 1. The number of nitrogens with zero attached hydrogens (tertiary/aromatic N) is 4. The van der Waals surface area contributed by atoms with Gasteiger partial charge in [0.25, 0.3) is 5.69 Å². The normalized spacial score (nSPS) is 13.0. The first-order chi connectivity index (χ1) is 9.88. The predicted molar refractivity (Wildman–Crippen MR) is 69.7 cm³/mol. The SMILES string of the molecule is [N-]=[N+]=NCCC(O)C(O)c1ccc([N+](=O)[O-])c(C(=O)O)c1. The van der Waals surface area contributed by atoms with Gasteiger partial charge in [-0.2, -0.15) is 0 Å². The highest BCUT2D eigenvalue weighted by atomic mass is 16.6. The van der Waals surface area contributed by atoms with Crippen LogP contribution >= 0.6 is 0 Å². The molecular formula is C11H12N4O6. The minimum atomic E-state index is -1.51. The zero-order chi connectivity index (χ0) is 16.0. The van der Waals surface area contributed by atoms with E-state index >= 15 is 0 Å². The zero-order valence-corrected chi connectivity index (χ0v) is 10.7. The molecule has 1 aromatic rings. The first kappa shape index (κ1) is 16.4. The van der Waals surface area contributed by atoms with Crippen molar-refractivity contribution in [2.45, 2.75) is 18.6 Å². The van der Waals surface area contributed by atoms with Crippen molar-refractivity contribution in [2.75, 3.05) is 6.54 Å². The Labute approximate surface area is 118 Å². The number of hydrogen-bond acceptors (Lipinski definition) is 6. The summed E-state index contributed by atoms with van der Waals surface area (Å²) >= 11 is 0. The van der Waals surface area contributed by atoms with Gasteiger partial charge in [-0.25, -0.2) is 4.79 Å². The van der Waals surface area contributed by atoms with E-state index in [1.807, 2.05) is 0 Å². The number of carboxylic acids is 1. The smallest absolute Gasteiger partial charge is 0.342 e. The third-order valence-corrected chi connectivity index (χ3v) is 2.74. The number of carboxylic acid groups (broad SMARTS) is 1. The van der Waals surface area contributed by atoms with Crippen LogP contribution in [0.3, 0.4) is 0 Å². The molecule has 0 heterocycles. The third kappa shape index (κ3) is 4.14. The van der Waals surface area contributed by atoms with Gasteiger partial charge < -0.3 is 15.3 Å². The number of benzene rings is 1. The van der Waals surface area contributed by atoms with Crippen LogP contribution in [-0.2, 0) is 0 Å². The Hall–Kier alpha value is -2.68. The van der Waals surface area contributed by atoms with Gasteiger partial charge in [-0.05, 0) is 29.6 Å². The van der Waals surface area contributed by atoms with Gasteiger partial charge in [0, 0.05) is 17.5 Å². The number of rotatable bonds is 7. The Bertz CT molecular complexity index is 598. The van der Waals surface area contributed by atoms with Crippen LogP contribution in [0.1, 0.15) is 28.4 Å². The number of aromatic carboxylic acids is 1. The molecule has 3 N–H and O–H groups in total. The molecule has 0 amide bonds. The van der Waals surface area contributed by atoms with Gasteiger partial charge in [-0.15, -0.1) is 0 Å². The van der Waals surface area contributed by atoms with Crippen LogP contribution in [0.5, 0.6) is 0 Å². The molecule has 0 saturated heterocycles. The summed E-state index contributed by atoms with van der Waals surface area (Å²) in [5.74, 6) is -1.51. The lowest BCUT2D eigenvalue weighted by atomic mass is 9.99. The first-order valence-electron chi connectivity index (χ1n) is 5.77. The van der Waals surface area contributed by atoms with E-state index in [9.17, 15) is 25.1 Å². The quantitative estimate of drug-likeness (QED) is 0.225. The molecule has 10 heteroatoms. The van der Waals surface area contributed by atoms with E-state index in [4.69, 9.17) is 10.6 Å². The largest absolute Gasteiger partial charge is 0.477 e. The number of aliphatic hydroxyl groups is 2. The summed E-state index contributed by atoms with van der Waals surface area (Å²) in [5.41, 5.74) is 6.93. The molecule has 1 rings (SSSR count). The van der Waals surface area contributed by atoms with Crippen LogP contribution in [-0.4, -0.2) is 38.9 Å².